The summed E-state index contributed by atoms with van der Waals surface area (Å²) in [5, 5.41) is 3.38. The maximum atomic E-state index is 4.24. The van der Waals surface area contributed by atoms with Gasteiger partial charge in [0, 0.05) is 43.9 Å². The van der Waals surface area contributed by atoms with E-state index < -0.39 is 0 Å². The monoisotopic (exact) mass is 260 g/mol. The maximum Gasteiger partial charge on any atom is 0.105 e. The summed E-state index contributed by atoms with van der Waals surface area (Å²) in [4.78, 5) is 4.24. The van der Waals surface area contributed by atoms with Crippen LogP contribution in [0.4, 0.5) is 0 Å². The summed E-state index contributed by atoms with van der Waals surface area (Å²) in [7, 11) is 2.02. The highest BCUT2D eigenvalue weighted by Gasteiger charge is 2.14. The highest BCUT2D eigenvalue weighted by atomic mass is 15.1. The maximum absolute atomic E-state index is 4.24. The lowest BCUT2D eigenvalue weighted by molar-refractivity contribution is 0.442. The number of nitrogens with one attached hydrogen (secondary N) is 1. The third-order valence-electron chi connectivity index (χ3n) is 3.63. The fourth-order valence-corrected chi connectivity index (χ4v) is 2.53. The Bertz CT molecular complexity index is 510. The van der Waals surface area contributed by atoms with Gasteiger partial charge in [0.15, 0.2) is 0 Å². The molecule has 104 valence electrons. The minimum Gasteiger partial charge on any atom is -0.352 e. The second-order valence-electron chi connectivity index (χ2n) is 5.36. The molecular formula is C15H24N4. The molecule has 1 atom stereocenters. The normalized spacial score (nSPS) is 13.1. The molecule has 0 aliphatic heterocycles. The van der Waals surface area contributed by atoms with Crippen LogP contribution in [0.25, 0.3) is 0 Å². The molecule has 2 aromatic rings. The lowest BCUT2D eigenvalue weighted by atomic mass is 9.99. The van der Waals surface area contributed by atoms with Gasteiger partial charge in [-0.15, -0.1) is 0 Å². The lowest BCUT2D eigenvalue weighted by Gasteiger charge is -2.18. The van der Waals surface area contributed by atoms with E-state index in [2.05, 4.69) is 51.7 Å². The Hall–Kier alpha value is -1.55. The van der Waals surface area contributed by atoms with Crippen LogP contribution in [0.5, 0.6) is 0 Å². The summed E-state index contributed by atoms with van der Waals surface area (Å²) in [6, 6.07) is 2.64. The summed E-state index contributed by atoms with van der Waals surface area (Å²) in [6.07, 6.45) is 8.29. The molecule has 0 fully saturated rings. The second-order valence-corrected chi connectivity index (χ2v) is 5.36. The Balaban J connectivity index is 1.99. The van der Waals surface area contributed by atoms with Gasteiger partial charge in [0.2, 0.25) is 0 Å². The molecule has 0 aliphatic rings. The molecule has 0 bridgehead atoms. The second kappa shape index (κ2) is 6.06. The number of aryl methyl sites for hydroxylation is 3. The lowest BCUT2D eigenvalue weighted by Crippen LogP contribution is -2.21. The molecule has 1 unspecified atom stereocenters. The number of nitrogens with zero attached hydrogens (tertiary/aromatic N) is 3. The van der Waals surface area contributed by atoms with Crippen molar-refractivity contribution in [1.82, 2.24) is 19.4 Å². The summed E-state index contributed by atoms with van der Waals surface area (Å²) in [5.74, 6) is 1.67. The van der Waals surface area contributed by atoms with E-state index in [9.17, 15) is 0 Å². The van der Waals surface area contributed by atoms with E-state index in [1.807, 2.05) is 26.4 Å². The molecule has 0 aliphatic carbocycles. The smallest absolute Gasteiger partial charge is 0.105 e. The van der Waals surface area contributed by atoms with E-state index in [1.54, 1.807) is 0 Å². The molecule has 4 heteroatoms. The SMILES string of the molecule is CNC(c1ccn(CCn2ccnc2C)c1)C(C)C. The van der Waals surface area contributed by atoms with Gasteiger partial charge in [0.1, 0.15) is 5.82 Å². The van der Waals surface area contributed by atoms with Crippen molar-refractivity contribution in [2.75, 3.05) is 7.05 Å². The summed E-state index contributed by atoms with van der Waals surface area (Å²) in [5.41, 5.74) is 1.36. The van der Waals surface area contributed by atoms with Crippen molar-refractivity contribution in [1.29, 1.82) is 0 Å². The fraction of sp³-hybridized carbons (Fsp3) is 0.533. The van der Waals surface area contributed by atoms with Crippen molar-refractivity contribution in [3.8, 4) is 0 Å². The van der Waals surface area contributed by atoms with Gasteiger partial charge in [-0.05, 0) is 31.5 Å². The predicted molar refractivity (Wildman–Crippen MR) is 78.0 cm³/mol. The molecule has 2 aromatic heterocycles. The third-order valence-corrected chi connectivity index (χ3v) is 3.63. The molecule has 2 heterocycles. The van der Waals surface area contributed by atoms with Crippen molar-refractivity contribution in [3.63, 3.8) is 0 Å². The van der Waals surface area contributed by atoms with Crippen LogP contribution in [0.15, 0.2) is 30.9 Å². The molecular weight excluding hydrogens is 236 g/mol. The van der Waals surface area contributed by atoms with Crippen LogP contribution in [0.2, 0.25) is 0 Å². The van der Waals surface area contributed by atoms with Crippen LogP contribution in [0.1, 0.15) is 31.3 Å². The van der Waals surface area contributed by atoms with Gasteiger partial charge in [0.05, 0.1) is 0 Å². The molecule has 0 radical (unpaired) electrons. The predicted octanol–water partition coefficient (Wildman–Crippen LogP) is 2.61. The Labute approximate surface area is 115 Å². The molecule has 2 rings (SSSR count). The zero-order chi connectivity index (χ0) is 13.8. The molecule has 0 spiro atoms. The van der Waals surface area contributed by atoms with E-state index >= 15 is 0 Å². The first-order chi connectivity index (χ1) is 9.11. The van der Waals surface area contributed by atoms with Crippen LogP contribution in [-0.4, -0.2) is 21.2 Å². The van der Waals surface area contributed by atoms with Gasteiger partial charge in [-0.1, -0.05) is 13.8 Å². The summed E-state index contributed by atoms with van der Waals surface area (Å²) < 4.78 is 4.43. The largest absolute Gasteiger partial charge is 0.352 e. The van der Waals surface area contributed by atoms with Crippen molar-refractivity contribution in [3.05, 3.63) is 42.2 Å². The highest BCUT2D eigenvalue weighted by molar-refractivity contribution is 5.16. The van der Waals surface area contributed by atoms with E-state index in [-0.39, 0.29) is 0 Å². The van der Waals surface area contributed by atoms with E-state index in [0.717, 1.165) is 18.9 Å². The van der Waals surface area contributed by atoms with Crippen LogP contribution >= 0.6 is 0 Å². The van der Waals surface area contributed by atoms with Gasteiger partial charge >= 0.3 is 0 Å². The van der Waals surface area contributed by atoms with Crippen LogP contribution in [-0.2, 0) is 13.1 Å². The molecule has 19 heavy (non-hydrogen) atoms. The van der Waals surface area contributed by atoms with Crippen molar-refractivity contribution >= 4 is 0 Å². The molecule has 0 saturated heterocycles. The zero-order valence-corrected chi connectivity index (χ0v) is 12.3. The van der Waals surface area contributed by atoms with E-state index in [4.69, 9.17) is 0 Å². The van der Waals surface area contributed by atoms with Gasteiger partial charge in [-0.3, -0.25) is 0 Å². The number of hydrogen-bond donors (Lipinski definition) is 1. The quantitative estimate of drug-likeness (QED) is 0.866. The van der Waals surface area contributed by atoms with E-state index in [0.29, 0.717) is 12.0 Å². The van der Waals surface area contributed by atoms with Crippen molar-refractivity contribution in [2.24, 2.45) is 5.92 Å². The third kappa shape index (κ3) is 3.26. The minimum atomic E-state index is 0.427. The Kier molecular flexibility index (Phi) is 4.43. The first-order valence-corrected chi connectivity index (χ1v) is 6.92. The van der Waals surface area contributed by atoms with Crippen molar-refractivity contribution < 1.29 is 0 Å². The average molecular weight is 260 g/mol. The Morgan fingerprint density at radius 1 is 1.26 bits per heavy atom. The Morgan fingerprint density at radius 3 is 2.63 bits per heavy atom. The summed E-state index contributed by atoms with van der Waals surface area (Å²) >= 11 is 0. The van der Waals surface area contributed by atoms with Crippen LogP contribution in [0, 0.1) is 12.8 Å². The van der Waals surface area contributed by atoms with Crippen molar-refractivity contribution in [2.45, 2.75) is 39.9 Å². The molecule has 1 N–H and O–H groups in total. The first-order valence-electron chi connectivity index (χ1n) is 6.92. The van der Waals surface area contributed by atoms with E-state index in [1.165, 1.54) is 5.56 Å². The molecule has 0 aromatic carbocycles. The van der Waals surface area contributed by atoms with Gasteiger partial charge in [-0.2, -0.15) is 0 Å². The number of hydrogen-bond acceptors (Lipinski definition) is 2. The molecule has 0 saturated carbocycles. The van der Waals surface area contributed by atoms with Crippen LogP contribution in [0.3, 0.4) is 0 Å². The standard InChI is InChI=1S/C15H24N4/c1-12(2)15(16-4)14-5-7-18(11-14)9-10-19-8-6-17-13(19)3/h5-8,11-12,15-16H,9-10H2,1-4H3. The number of rotatable bonds is 6. The van der Waals surface area contributed by atoms with Crippen LogP contribution < -0.4 is 5.32 Å². The van der Waals surface area contributed by atoms with Gasteiger partial charge < -0.3 is 14.5 Å². The zero-order valence-electron chi connectivity index (χ0n) is 12.3. The first kappa shape index (κ1) is 13.9. The van der Waals surface area contributed by atoms with Gasteiger partial charge in [-0.25, -0.2) is 4.98 Å². The highest BCUT2D eigenvalue weighted by Crippen LogP contribution is 2.21. The summed E-state index contributed by atoms with van der Waals surface area (Å²) in [6.45, 7) is 8.47. The fourth-order valence-electron chi connectivity index (χ4n) is 2.53. The minimum absolute atomic E-state index is 0.427. The molecule has 4 nitrogen and oxygen atoms in total. The molecule has 0 amide bonds. The van der Waals surface area contributed by atoms with Gasteiger partial charge in [0.25, 0.3) is 0 Å². The number of imidazole rings is 1. The topological polar surface area (TPSA) is 34.8 Å². The average Bonchev–Trinajstić information content (AvgIpc) is 2.97. The Morgan fingerprint density at radius 2 is 2.05 bits per heavy atom. The number of aromatic nitrogens is 3.